The van der Waals surface area contributed by atoms with Crippen LogP contribution in [-0.4, -0.2) is 8.32 Å². The van der Waals surface area contributed by atoms with Crippen LogP contribution >= 0.6 is 11.6 Å². The van der Waals surface area contributed by atoms with E-state index < -0.39 is 8.32 Å². The van der Waals surface area contributed by atoms with E-state index >= 15 is 0 Å². The fourth-order valence-electron chi connectivity index (χ4n) is 1.42. The van der Waals surface area contributed by atoms with Gasteiger partial charge in [0.15, 0.2) is 8.32 Å². The van der Waals surface area contributed by atoms with Crippen molar-refractivity contribution in [3.05, 3.63) is 40.4 Å². The van der Waals surface area contributed by atoms with Crippen LogP contribution < -0.4 is 0 Å². The van der Waals surface area contributed by atoms with Gasteiger partial charge < -0.3 is 4.43 Å². The van der Waals surface area contributed by atoms with Gasteiger partial charge in [-0.25, -0.2) is 0 Å². The maximum Gasteiger partial charge on any atom is 0.192 e. The molecule has 20 heavy (non-hydrogen) atoms. The summed E-state index contributed by atoms with van der Waals surface area (Å²) in [6.07, 6.45) is 3.23. The van der Waals surface area contributed by atoms with Crippen LogP contribution in [0, 0.1) is 11.3 Å². The fraction of sp³-hybridized carbons (Fsp3) is 0.438. The second-order valence-electron chi connectivity index (χ2n) is 6.36. The number of allylic oxidation sites excluding steroid dienone is 1. The minimum Gasteiger partial charge on any atom is -0.413 e. The first-order valence-corrected chi connectivity index (χ1v) is 9.94. The average molecular weight is 308 g/mol. The molecule has 0 aromatic heterocycles. The van der Waals surface area contributed by atoms with Crippen molar-refractivity contribution >= 4 is 26.0 Å². The largest absolute Gasteiger partial charge is 0.413 e. The normalized spacial score (nSPS) is 12.7. The lowest BCUT2D eigenvalue weighted by atomic mass is 10.1. The molecule has 0 saturated heterocycles. The van der Waals surface area contributed by atoms with E-state index in [4.69, 9.17) is 21.3 Å². The van der Waals surface area contributed by atoms with Gasteiger partial charge in [-0.2, -0.15) is 5.26 Å². The molecule has 0 fully saturated rings. The molecule has 0 spiro atoms. The quantitative estimate of drug-likeness (QED) is 0.551. The standard InChI is InChI=1S/C16H22ClNOSi/c1-16(2,3)20(4,5)19-12-14-11-13(7-6-10-18)8-9-15(14)17/h6-9,11H,12H2,1-5H3. The highest BCUT2D eigenvalue weighted by atomic mass is 35.5. The lowest BCUT2D eigenvalue weighted by molar-refractivity contribution is 0.276. The molecule has 0 radical (unpaired) electrons. The number of nitrogens with zero attached hydrogens (tertiary/aromatic N) is 1. The number of benzene rings is 1. The number of nitriles is 1. The van der Waals surface area contributed by atoms with Gasteiger partial charge in [0.1, 0.15) is 0 Å². The molecule has 2 nitrogen and oxygen atoms in total. The van der Waals surface area contributed by atoms with Crippen LogP contribution in [0.25, 0.3) is 6.08 Å². The Bertz CT molecular complexity index is 538. The highest BCUT2D eigenvalue weighted by molar-refractivity contribution is 6.74. The van der Waals surface area contributed by atoms with Gasteiger partial charge in [0, 0.05) is 11.1 Å². The van der Waals surface area contributed by atoms with Crippen LogP contribution in [-0.2, 0) is 11.0 Å². The number of rotatable bonds is 4. The van der Waals surface area contributed by atoms with E-state index in [1.807, 2.05) is 24.3 Å². The highest BCUT2D eigenvalue weighted by Gasteiger charge is 2.37. The molecule has 0 aliphatic carbocycles. The lowest BCUT2D eigenvalue weighted by Crippen LogP contribution is -2.40. The Hall–Kier alpha value is -1.08. The molecule has 0 heterocycles. The number of hydrogen-bond donors (Lipinski definition) is 0. The monoisotopic (exact) mass is 307 g/mol. The Morgan fingerprint density at radius 3 is 2.55 bits per heavy atom. The van der Waals surface area contributed by atoms with Crippen molar-refractivity contribution in [3.8, 4) is 6.07 Å². The SMILES string of the molecule is CC(C)(C)[Si](C)(C)OCc1cc(C=CC#N)ccc1Cl. The van der Waals surface area contributed by atoms with E-state index in [2.05, 4.69) is 33.9 Å². The van der Waals surface area contributed by atoms with Gasteiger partial charge in [0.25, 0.3) is 0 Å². The molecule has 0 aliphatic rings. The van der Waals surface area contributed by atoms with Crippen LogP contribution in [0.15, 0.2) is 24.3 Å². The third kappa shape index (κ3) is 4.48. The van der Waals surface area contributed by atoms with Gasteiger partial charge in [0.2, 0.25) is 0 Å². The molecule has 108 valence electrons. The van der Waals surface area contributed by atoms with E-state index in [0.717, 1.165) is 11.1 Å². The summed E-state index contributed by atoms with van der Waals surface area (Å²) in [7, 11) is -1.78. The van der Waals surface area contributed by atoms with Crippen LogP contribution in [0.1, 0.15) is 31.9 Å². The molecule has 0 bridgehead atoms. The molecule has 0 atom stereocenters. The summed E-state index contributed by atoms with van der Waals surface area (Å²) in [6.45, 7) is 11.6. The van der Waals surface area contributed by atoms with Crippen molar-refractivity contribution < 1.29 is 4.43 Å². The molecular formula is C16H22ClNOSi. The summed E-state index contributed by atoms with van der Waals surface area (Å²) in [6, 6.07) is 7.71. The summed E-state index contributed by atoms with van der Waals surface area (Å²) < 4.78 is 6.19. The van der Waals surface area contributed by atoms with Gasteiger partial charge in [-0.1, -0.05) is 38.4 Å². The summed E-state index contributed by atoms with van der Waals surface area (Å²) in [4.78, 5) is 0. The summed E-state index contributed by atoms with van der Waals surface area (Å²) in [5, 5.41) is 9.45. The Balaban J connectivity index is 2.88. The zero-order valence-corrected chi connectivity index (χ0v) is 14.6. The Kier molecular flexibility index (Phi) is 5.58. The van der Waals surface area contributed by atoms with E-state index in [9.17, 15) is 0 Å². The second kappa shape index (κ2) is 6.58. The molecule has 1 rings (SSSR count). The molecule has 0 unspecified atom stereocenters. The van der Waals surface area contributed by atoms with E-state index in [1.54, 1.807) is 6.08 Å². The van der Waals surface area contributed by atoms with Crippen LogP contribution in [0.4, 0.5) is 0 Å². The maximum absolute atomic E-state index is 8.57. The van der Waals surface area contributed by atoms with Crippen LogP contribution in [0.5, 0.6) is 0 Å². The maximum atomic E-state index is 8.57. The molecule has 0 saturated carbocycles. The van der Waals surface area contributed by atoms with Gasteiger partial charge in [-0.3, -0.25) is 0 Å². The lowest BCUT2D eigenvalue weighted by Gasteiger charge is -2.36. The third-order valence-electron chi connectivity index (χ3n) is 3.81. The smallest absolute Gasteiger partial charge is 0.192 e. The number of hydrogen-bond acceptors (Lipinski definition) is 2. The van der Waals surface area contributed by atoms with Crippen molar-refractivity contribution in [3.63, 3.8) is 0 Å². The van der Waals surface area contributed by atoms with Crippen LogP contribution in [0.3, 0.4) is 0 Å². The van der Waals surface area contributed by atoms with E-state index in [1.165, 1.54) is 6.08 Å². The Morgan fingerprint density at radius 1 is 1.35 bits per heavy atom. The summed E-state index contributed by atoms with van der Waals surface area (Å²) in [5.41, 5.74) is 1.93. The third-order valence-corrected chi connectivity index (χ3v) is 8.66. The topological polar surface area (TPSA) is 33.0 Å². The van der Waals surface area contributed by atoms with Crippen molar-refractivity contribution in [2.24, 2.45) is 0 Å². The van der Waals surface area contributed by atoms with Gasteiger partial charge in [-0.05, 0) is 47.5 Å². The van der Waals surface area contributed by atoms with Crippen molar-refractivity contribution in [1.82, 2.24) is 0 Å². The van der Waals surface area contributed by atoms with Crippen LogP contribution in [0.2, 0.25) is 23.2 Å². The average Bonchev–Trinajstić information content (AvgIpc) is 2.35. The van der Waals surface area contributed by atoms with Crippen molar-refractivity contribution in [2.75, 3.05) is 0 Å². The van der Waals surface area contributed by atoms with Gasteiger partial charge >= 0.3 is 0 Å². The first-order chi connectivity index (χ1) is 9.17. The Morgan fingerprint density at radius 2 is 2.00 bits per heavy atom. The van der Waals surface area contributed by atoms with E-state index in [-0.39, 0.29) is 5.04 Å². The predicted molar refractivity (Wildman–Crippen MR) is 88.1 cm³/mol. The molecule has 1 aromatic carbocycles. The van der Waals surface area contributed by atoms with Crippen molar-refractivity contribution in [2.45, 2.75) is 45.5 Å². The minimum atomic E-state index is -1.78. The minimum absolute atomic E-state index is 0.178. The van der Waals surface area contributed by atoms with Gasteiger partial charge in [0.05, 0.1) is 12.7 Å². The summed E-state index contributed by atoms with van der Waals surface area (Å²) in [5.74, 6) is 0. The Labute approximate surface area is 128 Å². The molecule has 4 heteroatoms. The molecule has 0 N–H and O–H groups in total. The first kappa shape index (κ1) is 17.0. The highest BCUT2D eigenvalue weighted by Crippen LogP contribution is 2.37. The van der Waals surface area contributed by atoms with E-state index in [0.29, 0.717) is 11.6 Å². The molecule has 1 aromatic rings. The number of halogens is 1. The predicted octanol–water partition coefficient (Wildman–Crippen LogP) is 5.40. The second-order valence-corrected chi connectivity index (χ2v) is 11.6. The van der Waals surface area contributed by atoms with Gasteiger partial charge in [-0.15, -0.1) is 0 Å². The zero-order chi connectivity index (χ0) is 15.4. The first-order valence-electron chi connectivity index (χ1n) is 6.66. The molecule has 0 aliphatic heterocycles. The molecule has 0 amide bonds. The summed E-state index contributed by atoms with van der Waals surface area (Å²) >= 11 is 6.22. The fourth-order valence-corrected chi connectivity index (χ4v) is 2.54. The zero-order valence-electron chi connectivity index (χ0n) is 12.8. The van der Waals surface area contributed by atoms with Crippen molar-refractivity contribution in [1.29, 1.82) is 5.26 Å². The molecular weight excluding hydrogens is 286 g/mol.